The molecule has 4 unspecified atom stereocenters. The van der Waals surface area contributed by atoms with E-state index in [1.165, 1.54) is 38.2 Å². The van der Waals surface area contributed by atoms with Crippen molar-refractivity contribution >= 4 is 11.8 Å². The Balaban J connectivity index is 1.42. The lowest BCUT2D eigenvalue weighted by Crippen LogP contribution is -2.54. The summed E-state index contributed by atoms with van der Waals surface area (Å²) in [6.07, 6.45) is 9.18. The van der Waals surface area contributed by atoms with E-state index in [0.29, 0.717) is 59.9 Å². The number of epoxide rings is 1. The standard InChI is InChI=1S/C24H34O4/c1-13(12-27-14(2)25)16-5-6-17-20-18(8-10-23(16,17)3)24(4)9-7-15(26)11-19(24)21-22(20)28-21/h11,13,16-18,20-22H,5-10,12H2,1-4H3/t13-,16?,17?,18?,20?,21+,22-,23-,24-/m1/s1. The molecule has 4 fully saturated rings. The lowest BCUT2D eigenvalue weighted by atomic mass is 9.46. The summed E-state index contributed by atoms with van der Waals surface area (Å²) < 4.78 is 11.6. The fourth-order valence-electron chi connectivity index (χ4n) is 8.15. The second-order valence-electron chi connectivity index (χ2n) is 10.8. The minimum Gasteiger partial charge on any atom is -0.466 e. The Morgan fingerprint density at radius 3 is 2.79 bits per heavy atom. The zero-order valence-corrected chi connectivity index (χ0v) is 17.7. The van der Waals surface area contributed by atoms with E-state index in [9.17, 15) is 9.59 Å². The number of hydrogen-bond donors (Lipinski definition) is 0. The van der Waals surface area contributed by atoms with Gasteiger partial charge in [0.05, 0.1) is 12.7 Å². The number of ketones is 1. The van der Waals surface area contributed by atoms with Crippen molar-refractivity contribution in [1.82, 2.24) is 0 Å². The van der Waals surface area contributed by atoms with Crippen LogP contribution in [-0.2, 0) is 19.1 Å². The van der Waals surface area contributed by atoms with Gasteiger partial charge in [-0.05, 0) is 84.2 Å². The molecule has 1 saturated heterocycles. The van der Waals surface area contributed by atoms with Crippen LogP contribution in [0.15, 0.2) is 11.6 Å². The van der Waals surface area contributed by atoms with Crippen LogP contribution in [0.3, 0.4) is 0 Å². The molecule has 0 spiro atoms. The molecule has 4 nitrogen and oxygen atoms in total. The second kappa shape index (κ2) is 6.17. The number of carbonyl (C=O) groups is 2. The van der Waals surface area contributed by atoms with Crippen LogP contribution in [0.5, 0.6) is 0 Å². The molecule has 0 aromatic heterocycles. The highest BCUT2D eigenvalue weighted by Gasteiger charge is 2.69. The van der Waals surface area contributed by atoms with E-state index in [-0.39, 0.29) is 17.5 Å². The zero-order valence-electron chi connectivity index (χ0n) is 17.7. The molecule has 1 heterocycles. The average molecular weight is 387 g/mol. The monoisotopic (exact) mass is 386 g/mol. The van der Waals surface area contributed by atoms with E-state index in [0.717, 1.165) is 6.42 Å². The van der Waals surface area contributed by atoms with E-state index >= 15 is 0 Å². The summed E-state index contributed by atoms with van der Waals surface area (Å²) in [5, 5.41) is 0. The molecule has 0 aromatic carbocycles. The number of fused-ring (bicyclic) bond motifs is 8. The Kier molecular flexibility index (Phi) is 4.15. The van der Waals surface area contributed by atoms with Gasteiger partial charge in [-0.3, -0.25) is 9.59 Å². The van der Waals surface area contributed by atoms with Gasteiger partial charge in [-0.2, -0.15) is 0 Å². The molecule has 154 valence electrons. The maximum Gasteiger partial charge on any atom is 0.302 e. The van der Waals surface area contributed by atoms with Gasteiger partial charge < -0.3 is 9.47 Å². The first-order valence-electron chi connectivity index (χ1n) is 11.3. The third-order valence-electron chi connectivity index (χ3n) is 9.54. The number of rotatable bonds is 3. The summed E-state index contributed by atoms with van der Waals surface area (Å²) in [6, 6.07) is 0. The molecular formula is C24H34O4. The SMILES string of the molecule is CC(=O)OC[C@@H](C)C1CCC2C3C(CC[C@@]21C)[C@@]1(C)CCC(=O)C=C1[C@@H]1O[C@H]31. The summed E-state index contributed by atoms with van der Waals surface area (Å²) in [6.45, 7) is 9.24. The van der Waals surface area contributed by atoms with Crippen molar-refractivity contribution in [2.75, 3.05) is 6.61 Å². The van der Waals surface area contributed by atoms with Gasteiger partial charge in [0.25, 0.3) is 0 Å². The minimum atomic E-state index is -0.171. The highest BCUT2D eigenvalue weighted by Crippen LogP contribution is 2.70. The van der Waals surface area contributed by atoms with Gasteiger partial charge >= 0.3 is 5.97 Å². The van der Waals surface area contributed by atoms with Crippen LogP contribution >= 0.6 is 0 Å². The molecule has 1 aliphatic heterocycles. The molecule has 0 N–H and O–H groups in total. The molecule has 0 aromatic rings. The number of ether oxygens (including phenoxy) is 2. The Bertz CT molecular complexity index is 741. The summed E-state index contributed by atoms with van der Waals surface area (Å²) in [7, 11) is 0. The lowest BCUT2D eigenvalue weighted by molar-refractivity contribution is -0.143. The minimum absolute atomic E-state index is 0.152. The Hall–Kier alpha value is -1.16. The summed E-state index contributed by atoms with van der Waals surface area (Å²) in [4.78, 5) is 23.4. The van der Waals surface area contributed by atoms with Crippen molar-refractivity contribution < 1.29 is 19.1 Å². The van der Waals surface area contributed by atoms with Gasteiger partial charge in [-0.15, -0.1) is 0 Å². The third-order valence-corrected chi connectivity index (χ3v) is 9.54. The van der Waals surface area contributed by atoms with Crippen LogP contribution in [0.25, 0.3) is 0 Å². The molecular weight excluding hydrogens is 352 g/mol. The van der Waals surface area contributed by atoms with Crippen molar-refractivity contribution in [3.8, 4) is 0 Å². The number of carbonyl (C=O) groups excluding carboxylic acids is 2. The highest BCUT2D eigenvalue weighted by atomic mass is 16.6. The van der Waals surface area contributed by atoms with Crippen LogP contribution in [0.2, 0.25) is 0 Å². The Morgan fingerprint density at radius 1 is 1.25 bits per heavy atom. The summed E-state index contributed by atoms with van der Waals surface area (Å²) in [5.41, 5.74) is 1.79. The van der Waals surface area contributed by atoms with E-state index in [1.807, 2.05) is 6.08 Å². The van der Waals surface area contributed by atoms with Gasteiger partial charge in [0, 0.05) is 13.3 Å². The molecule has 5 rings (SSSR count). The van der Waals surface area contributed by atoms with E-state index in [4.69, 9.17) is 9.47 Å². The van der Waals surface area contributed by atoms with Gasteiger partial charge in [0.2, 0.25) is 0 Å². The van der Waals surface area contributed by atoms with E-state index < -0.39 is 0 Å². The fraction of sp³-hybridized carbons (Fsp3) is 0.833. The fourth-order valence-corrected chi connectivity index (χ4v) is 8.15. The molecule has 0 amide bonds. The van der Waals surface area contributed by atoms with E-state index in [2.05, 4.69) is 20.8 Å². The van der Waals surface area contributed by atoms with Crippen LogP contribution < -0.4 is 0 Å². The third kappa shape index (κ3) is 2.52. The first-order valence-corrected chi connectivity index (χ1v) is 11.3. The van der Waals surface area contributed by atoms with Crippen molar-refractivity contribution in [1.29, 1.82) is 0 Å². The van der Waals surface area contributed by atoms with Gasteiger partial charge in [0.15, 0.2) is 5.78 Å². The normalized spacial score (nSPS) is 49.9. The average Bonchev–Trinajstić information content (AvgIpc) is 3.35. The predicted molar refractivity (Wildman–Crippen MR) is 105 cm³/mol. The molecule has 5 aliphatic rings. The molecule has 0 bridgehead atoms. The molecule has 0 radical (unpaired) electrons. The Morgan fingerprint density at radius 2 is 2.04 bits per heavy atom. The van der Waals surface area contributed by atoms with Gasteiger partial charge in [-0.1, -0.05) is 20.8 Å². The quantitative estimate of drug-likeness (QED) is 0.535. The Labute approximate surface area is 168 Å². The molecule has 9 atom stereocenters. The molecule has 3 saturated carbocycles. The van der Waals surface area contributed by atoms with Crippen molar-refractivity contribution in [3.63, 3.8) is 0 Å². The maximum absolute atomic E-state index is 12.1. The second-order valence-corrected chi connectivity index (χ2v) is 10.8. The van der Waals surface area contributed by atoms with Crippen molar-refractivity contribution in [3.05, 3.63) is 11.6 Å². The smallest absolute Gasteiger partial charge is 0.302 e. The summed E-state index contributed by atoms with van der Waals surface area (Å²) >= 11 is 0. The van der Waals surface area contributed by atoms with Crippen LogP contribution in [-0.4, -0.2) is 30.6 Å². The van der Waals surface area contributed by atoms with Crippen molar-refractivity contribution in [2.45, 2.75) is 78.4 Å². The van der Waals surface area contributed by atoms with Crippen molar-refractivity contribution in [2.24, 2.45) is 40.4 Å². The first-order chi connectivity index (χ1) is 13.3. The molecule has 28 heavy (non-hydrogen) atoms. The highest BCUT2D eigenvalue weighted by molar-refractivity contribution is 5.92. The molecule has 4 heteroatoms. The lowest BCUT2D eigenvalue weighted by Gasteiger charge is -2.57. The largest absolute Gasteiger partial charge is 0.466 e. The molecule has 4 aliphatic carbocycles. The van der Waals surface area contributed by atoms with Gasteiger partial charge in [-0.25, -0.2) is 0 Å². The number of hydrogen-bond acceptors (Lipinski definition) is 4. The van der Waals surface area contributed by atoms with E-state index in [1.54, 1.807) is 0 Å². The van der Waals surface area contributed by atoms with Crippen LogP contribution in [0.4, 0.5) is 0 Å². The zero-order chi connectivity index (χ0) is 19.8. The first kappa shape index (κ1) is 18.8. The topological polar surface area (TPSA) is 55.9 Å². The predicted octanol–water partition coefficient (Wildman–Crippen LogP) is 4.32. The van der Waals surface area contributed by atoms with Crippen LogP contribution in [0.1, 0.15) is 66.2 Å². The maximum atomic E-state index is 12.1. The number of esters is 1. The van der Waals surface area contributed by atoms with Crippen LogP contribution in [0, 0.1) is 40.4 Å². The summed E-state index contributed by atoms with van der Waals surface area (Å²) in [5.74, 6) is 3.13. The van der Waals surface area contributed by atoms with Gasteiger partial charge in [0.1, 0.15) is 6.10 Å².